The van der Waals surface area contributed by atoms with Crippen molar-refractivity contribution in [2.24, 2.45) is 0 Å². The molecule has 100 valence electrons. The molecule has 1 atom stereocenters. The summed E-state index contributed by atoms with van der Waals surface area (Å²) in [7, 11) is 0. The molecule has 1 nitrogen and oxygen atoms in total. The van der Waals surface area contributed by atoms with Gasteiger partial charge in [0.2, 0.25) is 0 Å². The van der Waals surface area contributed by atoms with Crippen molar-refractivity contribution in [3.05, 3.63) is 35.4 Å². The maximum absolute atomic E-state index is 11.1. The van der Waals surface area contributed by atoms with Gasteiger partial charge in [0.05, 0.1) is 0 Å². The van der Waals surface area contributed by atoms with E-state index >= 15 is 0 Å². The fraction of sp³-hybridized carbons (Fsp3) is 0.588. The average Bonchev–Trinajstić information content (AvgIpc) is 2.38. The highest BCUT2D eigenvalue weighted by Gasteiger charge is 2.10. The summed E-state index contributed by atoms with van der Waals surface area (Å²) >= 11 is 0. The molecule has 0 amide bonds. The quantitative estimate of drug-likeness (QED) is 0.638. The molecule has 0 aliphatic carbocycles. The zero-order chi connectivity index (χ0) is 13.4. The van der Waals surface area contributed by atoms with Crippen LogP contribution in [0.25, 0.3) is 0 Å². The summed E-state index contributed by atoms with van der Waals surface area (Å²) in [4.78, 5) is 11.1. The Kier molecular flexibility index (Phi) is 6.70. The SMILES string of the molecule is CCCCc1ccc(C(CC)CCC(C)=O)cc1. The van der Waals surface area contributed by atoms with Crippen LogP contribution in [0.2, 0.25) is 0 Å². The van der Waals surface area contributed by atoms with Crippen LogP contribution in [0.15, 0.2) is 24.3 Å². The standard InChI is InChI=1S/C17H26O/c1-4-6-7-15-9-12-17(13-10-15)16(5-2)11-8-14(3)18/h9-10,12-13,16H,4-8,11H2,1-3H3. The summed E-state index contributed by atoms with van der Waals surface area (Å²) in [5.74, 6) is 0.835. The predicted molar refractivity (Wildman–Crippen MR) is 78.0 cm³/mol. The molecule has 0 spiro atoms. The first-order chi connectivity index (χ1) is 8.67. The third-order valence-electron chi connectivity index (χ3n) is 3.61. The number of benzene rings is 1. The van der Waals surface area contributed by atoms with Gasteiger partial charge in [0, 0.05) is 6.42 Å². The number of carbonyl (C=O) groups excluding carboxylic acids is 1. The third-order valence-corrected chi connectivity index (χ3v) is 3.61. The summed E-state index contributed by atoms with van der Waals surface area (Å²) in [5, 5.41) is 0. The van der Waals surface area contributed by atoms with Crippen molar-refractivity contribution in [3.8, 4) is 0 Å². The molecule has 0 aliphatic rings. The lowest BCUT2D eigenvalue weighted by molar-refractivity contribution is -0.117. The smallest absolute Gasteiger partial charge is 0.129 e. The molecule has 0 fully saturated rings. The van der Waals surface area contributed by atoms with Gasteiger partial charge in [-0.3, -0.25) is 0 Å². The molecule has 0 saturated heterocycles. The second-order valence-corrected chi connectivity index (χ2v) is 5.19. The Labute approximate surface area is 112 Å². The van der Waals surface area contributed by atoms with Gasteiger partial charge in [0.25, 0.3) is 0 Å². The largest absolute Gasteiger partial charge is 0.300 e. The van der Waals surface area contributed by atoms with Crippen LogP contribution in [0.1, 0.15) is 69.9 Å². The Balaban J connectivity index is 2.60. The Hall–Kier alpha value is -1.11. The topological polar surface area (TPSA) is 17.1 Å². The van der Waals surface area contributed by atoms with Gasteiger partial charge in [-0.15, -0.1) is 0 Å². The van der Waals surface area contributed by atoms with Gasteiger partial charge in [-0.2, -0.15) is 0 Å². The van der Waals surface area contributed by atoms with Crippen LogP contribution in [-0.2, 0) is 11.2 Å². The molecule has 0 aliphatic heterocycles. The Morgan fingerprint density at radius 2 is 1.83 bits per heavy atom. The highest BCUT2D eigenvalue weighted by molar-refractivity contribution is 5.75. The first-order valence-corrected chi connectivity index (χ1v) is 7.25. The summed E-state index contributed by atoms with van der Waals surface area (Å²) < 4.78 is 0. The summed E-state index contributed by atoms with van der Waals surface area (Å²) in [6.07, 6.45) is 6.50. The molecular weight excluding hydrogens is 220 g/mol. The molecule has 1 rings (SSSR count). The van der Waals surface area contributed by atoms with E-state index in [9.17, 15) is 4.79 Å². The van der Waals surface area contributed by atoms with Crippen LogP contribution < -0.4 is 0 Å². The van der Waals surface area contributed by atoms with E-state index in [1.54, 1.807) is 6.92 Å². The Morgan fingerprint density at radius 3 is 2.33 bits per heavy atom. The number of hydrogen-bond donors (Lipinski definition) is 0. The molecule has 1 heteroatoms. The van der Waals surface area contributed by atoms with Gasteiger partial charge in [-0.25, -0.2) is 0 Å². The van der Waals surface area contributed by atoms with Crippen LogP contribution >= 0.6 is 0 Å². The number of hydrogen-bond acceptors (Lipinski definition) is 1. The highest BCUT2D eigenvalue weighted by Crippen LogP contribution is 2.25. The van der Waals surface area contributed by atoms with E-state index < -0.39 is 0 Å². The molecule has 0 radical (unpaired) electrons. The molecule has 0 aromatic heterocycles. The van der Waals surface area contributed by atoms with Gasteiger partial charge < -0.3 is 4.79 Å². The van der Waals surface area contributed by atoms with Crippen LogP contribution in [0.5, 0.6) is 0 Å². The van der Waals surface area contributed by atoms with E-state index in [0.717, 1.165) is 12.8 Å². The molecular formula is C17H26O. The van der Waals surface area contributed by atoms with E-state index in [4.69, 9.17) is 0 Å². The second-order valence-electron chi connectivity index (χ2n) is 5.19. The average molecular weight is 246 g/mol. The van der Waals surface area contributed by atoms with Crippen LogP contribution in [0.3, 0.4) is 0 Å². The van der Waals surface area contributed by atoms with Crippen molar-refractivity contribution in [1.82, 2.24) is 0 Å². The monoisotopic (exact) mass is 246 g/mol. The maximum Gasteiger partial charge on any atom is 0.129 e. The highest BCUT2D eigenvalue weighted by atomic mass is 16.1. The third kappa shape index (κ3) is 5.03. The fourth-order valence-corrected chi connectivity index (χ4v) is 2.32. The van der Waals surface area contributed by atoms with Crippen LogP contribution in [0.4, 0.5) is 0 Å². The second kappa shape index (κ2) is 8.07. The lowest BCUT2D eigenvalue weighted by Crippen LogP contribution is -2.01. The first kappa shape index (κ1) is 14.9. The fourth-order valence-electron chi connectivity index (χ4n) is 2.32. The maximum atomic E-state index is 11.1. The van der Waals surface area contributed by atoms with Gasteiger partial charge in [0.15, 0.2) is 0 Å². The lowest BCUT2D eigenvalue weighted by Gasteiger charge is -2.15. The summed E-state index contributed by atoms with van der Waals surface area (Å²) in [5.41, 5.74) is 2.82. The molecule has 18 heavy (non-hydrogen) atoms. The summed E-state index contributed by atoms with van der Waals surface area (Å²) in [6, 6.07) is 9.00. The molecule has 1 aromatic carbocycles. The van der Waals surface area contributed by atoms with E-state index in [2.05, 4.69) is 38.1 Å². The van der Waals surface area contributed by atoms with E-state index in [1.807, 2.05) is 0 Å². The zero-order valence-electron chi connectivity index (χ0n) is 12.0. The molecule has 0 heterocycles. The number of unbranched alkanes of at least 4 members (excludes halogenated alkanes) is 1. The minimum atomic E-state index is 0.299. The normalized spacial score (nSPS) is 12.4. The minimum absolute atomic E-state index is 0.299. The van der Waals surface area contributed by atoms with Crippen molar-refractivity contribution >= 4 is 5.78 Å². The van der Waals surface area contributed by atoms with Crippen molar-refractivity contribution in [3.63, 3.8) is 0 Å². The van der Waals surface area contributed by atoms with Gasteiger partial charge in [0.1, 0.15) is 5.78 Å². The molecule has 0 saturated carbocycles. The van der Waals surface area contributed by atoms with Crippen molar-refractivity contribution < 1.29 is 4.79 Å². The van der Waals surface area contributed by atoms with Crippen molar-refractivity contribution in [2.45, 2.75) is 65.2 Å². The van der Waals surface area contributed by atoms with Crippen LogP contribution in [-0.4, -0.2) is 5.78 Å². The van der Waals surface area contributed by atoms with E-state index in [-0.39, 0.29) is 0 Å². The molecule has 1 unspecified atom stereocenters. The number of carbonyl (C=O) groups is 1. The summed E-state index contributed by atoms with van der Waals surface area (Å²) in [6.45, 7) is 6.11. The zero-order valence-corrected chi connectivity index (χ0v) is 12.0. The Bertz CT molecular complexity index is 350. The molecule has 1 aromatic rings. The van der Waals surface area contributed by atoms with Crippen molar-refractivity contribution in [1.29, 1.82) is 0 Å². The first-order valence-electron chi connectivity index (χ1n) is 7.25. The van der Waals surface area contributed by atoms with Crippen molar-refractivity contribution in [2.75, 3.05) is 0 Å². The molecule has 0 bridgehead atoms. The van der Waals surface area contributed by atoms with Crippen LogP contribution in [0, 0.1) is 0 Å². The minimum Gasteiger partial charge on any atom is -0.300 e. The van der Waals surface area contributed by atoms with E-state index in [0.29, 0.717) is 18.1 Å². The van der Waals surface area contributed by atoms with E-state index in [1.165, 1.54) is 30.4 Å². The number of aryl methyl sites for hydroxylation is 1. The van der Waals surface area contributed by atoms with Gasteiger partial charge in [-0.05, 0) is 49.7 Å². The van der Waals surface area contributed by atoms with Gasteiger partial charge in [-0.1, -0.05) is 44.5 Å². The number of Topliss-reactive ketones (excluding diaryl/α,β-unsaturated/α-hetero) is 1. The van der Waals surface area contributed by atoms with Gasteiger partial charge >= 0.3 is 0 Å². The predicted octanol–water partition coefficient (Wildman–Crippen LogP) is 4.89. The Morgan fingerprint density at radius 1 is 1.17 bits per heavy atom. The molecule has 0 N–H and O–H groups in total. The number of rotatable bonds is 8. The number of ketones is 1. The lowest BCUT2D eigenvalue weighted by atomic mass is 9.90.